The summed E-state index contributed by atoms with van der Waals surface area (Å²) in [6, 6.07) is 6.99. The Labute approximate surface area is 121 Å². The molecular weight excluding hydrogens is 332 g/mol. The van der Waals surface area contributed by atoms with Gasteiger partial charge >= 0.3 is 5.97 Å². The summed E-state index contributed by atoms with van der Waals surface area (Å²) in [5, 5.41) is 19.3. The van der Waals surface area contributed by atoms with Crippen molar-refractivity contribution in [3.05, 3.63) is 56.7 Å². The van der Waals surface area contributed by atoms with Gasteiger partial charge in [0.05, 0.1) is 15.0 Å². The molecule has 7 nitrogen and oxygen atoms in total. The average molecular weight is 339 g/mol. The van der Waals surface area contributed by atoms with Gasteiger partial charge in [0, 0.05) is 6.07 Å². The monoisotopic (exact) mass is 338 g/mol. The predicted octanol–water partition coefficient (Wildman–Crippen LogP) is 3.24. The van der Waals surface area contributed by atoms with Crippen molar-refractivity contribution < 1.29 is 19.6 Å². The molecule has 0 aliphatic heterocycles. The molecule has 102 valence electrons. The largest absolute Gasteiger partial charge is 0.478 e. The van der Waals surface area contributed by atoms with E-state index in [-0.39, 0.29) is 17.1 Å². The van der Waals surface area contributed by atoms with E-state index < -0.39 is 10.9 Å². The summed E-state index contributed by atoms with van der Waals surface area (Å²) in [5.41, 5.74) is -0.0291. The van der Waals surface area contributed by atoms with E-state index in [9.17, 15) is 14.9 Å². The average Bonchev–Trinajstić information content (AvgIpc) is 2.41. The number of rotatable bonds is 4. The summed E-state index contributed by atoms with van der Waals surface area (Å²) in [5.74, 6) is -0.512. The van der Waals surface area contributed by atoms with Gasteiger partial charge in [-0.3, -0.25) is 10.1 Å². The minimum Gasteiger partial charge on any atom is -0.478 e. The molecule has 0 spiro atoms. The molecule has 0 radical (unpaired) electrons. The molecule has 0 atom stereocenters. The molecule has 0 saturated carbocycles. The Bertz CT molecular complexity index is 672. The lowest BCUT2D eigenvalue weighted by Crippen LogP contribution is -1.96. The topological polar surface area (TPSA) is 103 Å². The van der Waals surface area contributed by atoms with Gasteiger partial charge in [-0.25, -0.2) is 9.78 Å². The third-order valence-corrected chi connectivity index (χ3v) is 2.89. The molecule has 1 aromatic carbocycles. The Kier molecular flexibility index (Phi) is 3.94. The van der Waals surface area contributed by atoms with E-state index >= 15 is 0 Å². The molecule has 0 unspecified atom stereocenters. The molecule has 0 amide bonds. The second-order valence-electron chi connectivity index (χ2n) is 3.67. The number of carbonyl (C=O) groups is 1. The molecule has 0 aliphatic carbocycles. The van der Waals surface area contributed by atoms with E-state index in [0.717, 1.165) is 6.20 Å². The van der Waals surface area contributed by atoms with Gasteiger partial charge in [0.2, 0.25) is 5.88 Å². The normalized spacial score (nSPS) is 10.1. The highest BCUT2D eigenvalue weighted by Crippen LogP contribution is 2.30. The van der Waals surface area contributed by atoms with Crippen LogP contribution in [0.1, 0.15) is 10.4 Å². The van der Waals surface area contributed by atoms with Gasteiger partial charge < -0.3 is 9.84 Å². The Morgan fingerprint density at radius 3 is 2.50 bits per heavy atom. The Hall–Kier alpha value is -2.48. The van der Waals surface area contributed by atoms with Crippen LogP contribution < -0.4 is 4.74 Å². The molecule has 2 rings (SSSR count). The van der Waals surface area contributed by atoms with Crippen LogP contribution in [-0.2, 0) is 0 Å². The number of aromatic nitrogens is 1. The van der Waals surface area contributed by atoms with Gasteiger partial charge in [-0.2, -0.15) is 0 Å². The minimum atomic E-state index is -1.04. The zero-order valence-corrected chi connectivity index (χ0v) is 11.4. The molecule has 1 N–H and O–H groups in total. The minimum absolute atomic E-state index is 0.132. The highest BCUT2D eigenvalue weighted by Gasteiger charge is 2.12. The van der Waals surface area contributed by atoms with Crippen molar-refractivity contribution in [1.29, 1.82) is 0 Å². The maximum Gasteiger partial charge on any atom is 0.335 e. The first-order valence-electron chi connectivity index (χ1n) is 5.28. The van der Waals surface area contributed by atoms with Crippen molar-refractivity contribution in [2.45, 2.75) is 0 Å². The molecule has 0 aliphatic rings. The number of halogens is 1. The third-order valence-electron chi connectivity index (χ3n) is 2.32. The van der Waals surface area contributed by atoms with Crippen LogP contribution in [0.3, 0.4) is 0 Å². The van der Waals surface area contributed by atoms with E-state index in [1.807, 2.05) is 0 Å². The first-order valence-corrected chi connectivity index (χ1v) is 6.08. The fraction of sp³-hybridized carbons (Fsp3) is 0. The molecule has 0 saturated heterocycles. The number of pyridine rings is 1. The molecule has 1 aromatic heterocycles. The van der Waals surface area contributed by atoms with E-state index in [1.165, 1.54) is 30.3 Å². The van der Waals surface area contributed by atoms with Crippen LogP contribution in [0.5, 0.6) is 11.6 Å². The van der Waals surface area contributed by atoms with E-state index in [0.29, 0.717) is 10.2 Å². The molecule has 0 fully saturated rings. The molecule has 2 aromatic rings. The molecule has 8 heteroatoms. The summed E-state index contributed by atoms with van der Waals surface area (Å²) in [7, 11) is 0. The van der Waals surface area contributed by atoms with Gasteiger partial charge in [-0.05, 0) is 40.2 Å². The second kappa shape index (κ2) is 5.66. The summed E-state index contributed by atoms with van der Waals surface area (Å²) in [4.78, 5) is 24.5. The predicted molar refractivity (Wildman–Crippen MR) is 72.1 cm³/mol. The first kappa shape index (κ1) is 13.9. The lowest BCUT2D eigenvalue weighted by molar-refractivity contribution is -0.385. The molecular formula is C12H7BrN2O5. The molecule has 20 heavy (non-hydrogen) atoms. The van der Waals surface area contributed by atoms with Crippen molar-refractivity contribution in [1.82, 2.24) is 4.98 Å². The van der Waals surface area contributed by atoms with Crippen LogP contribution in [0, 0.1) is 10.1 Å². The fourth-order valence-corrected chi connectivity index (χ4v) is 1.79. The fourth-order valence-electron chi connectivity index (χ4n) is 1.37. The number of nitro groups is 1. The first-order chi connectivity index (χ1) is 9.47. The van der Waals surface area contributed by atoms with Gasteiger partial charge in [0.15, 0.2) is 0 Å². The van der Waals surface area contributed by atoms with Gasteiger partial charge in [-0.15, -0.1) is 0 Å². The number of hydrogen-bond donors (Lipinski definition) is 1. The maximum absolute atomic E-state index is 10.7. The van der Waals surface area contributed by atoms with Gasteiger partial charge in [0.1, 0.15) is 11.9 Å². The van der Waals surface area contributed by atoms with E-state index in [4.69, 9.17) is 9.84 Å². The Morgan fingerprint density at radius 1 is 1.35 bits per heavy atom. The van der Waals surface area contributed by atoms with E-state index in [2.05, 4.69) is 20.9 Å². The Morgan fingerprint density at radius 2 is 2.00 bits per heavy atom. The SMILES string of the molecule is O=C(O)c1ccc(Oc2ncc([N+](=O)[O-])cc2Br)cc1. The summed E-state index contributed by atoms with van der Waals surface area (Å²) in [6.45, 7) is 0. The highest BCUT2D eigenvalue weighted by molar-refractivity contribution is 9.10. The van der Waals surface area contributed by atoms with Crippen molar-refractivity contribution in [2.75, 3.05) is 0 Å². The van der Waals surface area contributed by atoms with Crippen molar-refractivity contribution in [2.24, 2.45) is 0 Å². The van der Waals surface area contributed by atoms with Crippen LogP contribution in [0.2, 0.25) is 0 Å². The highest BCUT2D eigenvalue weighted by atomic mass is 79.9. The number of nitrogens with zero attached hydrogens (tertiary/aromatic N) is 2. The van der Waals surface area contributed by atoms with Crippen LogP contribution in [0.4, 0.5) is 5.69 Å². The van der Waals surface area contributed by atoms with Crippen LogP contribution >= 0.6 is 15.9 Å². The number of aromatic carboxylic acids is 1. The van der Waals surface area contributed by atoms with E-state index in [1.54, 1.807) is 0 Å². The molecule has 0 bridgehead atoms. The number of hydrogen-bond acceptors (Lipinski definition) is 5. The van der Waals surface area contributed by atoms with Crippen LogP contribution in [-0.4, -0.2) is 21.0 Å². The lowest BCUT2D eigenvalue weighted by Gasteiger charge is -2.06. The Balaban J connectivity index is 2.21. The zero-order valence-electron chi connectivity index (χ0n) is 9.82. The zero-order chi connectivity index (χ0) is 14.7. The summed E-state index contributed by atoms with van der Waals surface area (Å²) >= 11 is 3.12. The maximum atomic E-state index is 10.7. The number of benzene rings is 1. The lowest BCUT2D eigenvalue weighted by atomic mass is 10.2. The summed E-state index contributed by atoms with van der Waals surface area (Å²) < 4.78 is 5.73. The smallest absolute Gasteiger partial charge is 0.335 e. The quantitative estimate of drug-likeness (QED) is 0.678. The number of carboxylic acid groups (broad SMARTS) is 1. The van der Waals surface area contributed by atoms with Gasteiger partial charge in [-0.1, -0.05) is 0 Å². The van der Waals surface area contributed by atoms with Gasteiger partial charge in [0.25, 0.3) is 5.69 Å². The third kappa shape index (κ3) is 3.09. The summed E-state index contributed by atoms with van der Waals surface area (Å²) in [6.07, 6.45) is 1.08. The second-order valence-corrected chi connectivity index (χ2v) is 4.52. The van der Waals surface area contributed by atoms with Crippen molar-refractivity contribution >= 4 is 27.6 Å². The molecule has 1 heterocycles. The van der Waals surface area contributed by atoms with Crippen LogP contribution in [0.15, 0.2) is 41.0 Å². The number of carboxylic acids is 1. The standard InChI is InChI=1S/C12H7BrN2O5/c13-10-5-8(15(18)19)6-14-11(10)20-9-3-1-7(2-4-9)12(16)17/h1-6H,(H,16,17). The van der Waals surface area contributed by atoms with Crippen molar-refractivity contribution in [3.63, 3.8) is 0 Å². The van der Waals surface area contributed by atoms with Crippen molar-refractivity contribution in [3.8, 4) is 11.6 Å². The van der Waals surface area contributed by atoms with Crippen LogP contribution in [0.25, 0.3) is 0 Å². The number of ether oxygens (including phenoxy) is 1.